The number of nitrogens with zero attached hydrogens (tertiary/aromatic N) is 3. The molecule has 0 radical (unpaired) electrons. The van der Waals surface area contributed by atoms with Crippen molar-refractivity contribution in [3.05, 3.63) is 29.8 Å². The number of aliphatic imine (C=N–C) groups is 2. The molecule has 0 aromatic heterocycles. The predicted molar refractivity (Wildman–Crippen MR) is 71.1 cm³/mol. The van der Waals surface area contributed by atoms with Crippen LogP contribution in [0, 0.1) is 0 Å². The monoisotopic (exact) mass is 231 g/mol. The minimum atomic E-state index is 0.237. The van der Waals surface area contributed by atoms with E-state index in [4.69, 9.17) is 11.5 Å². The van der Waals surface area contributed by atoms with E-state index in [1.807, 2.05) is 23.1 Å². The average Bonchev–Trinajstić information content (AvgIpc) is 2.29. The van der Waals surface area contributed by atoms with Crippen molar-refractivity contribution in [2.45, 2.75) is 19.8 Å². The standard InChI is InChI=1S/C12H17N5/c1-8(2)9-5-3-4-6-10(9)17-7-15-11(13)16-12(17)14/h3-6,8H,7H2,1-2H3,(H4,13,14,15,16). The van der Waals surface area contributed by atoms with Crippen LogP contribution in [0.3, 0.4) is 0 Å². The maximum atomic E-state index is 5.89. The summed E-state index contributed by atoms with van der Waals surface area (Å²) in [6, 6.07) is 8.12. The molecule has 4 N–H and O–H groups in total. The summed E-state index contributed by atoms with van der Waals surface area (Å²) in [4.78, 5) is 9.95. The first kappa shape index (κ1) is 11.4. The van der Waals surface area contributed by atoms with Gasteiger partial charge >= 0.3 is 0 Å². The third kappa shape index (κ3) is 2.22. The number of rotatable bonds is 2. The third-order valence-electron chi connectivity index (χ3n) is 2.73. The largest absolute Gasteiger partial charge is 0.369 e. The van der Waals surface area contributed by atoms with Crippen LogP contribution in [0.1, 0.15) is 25.3 Å². The molecule has 0 amide bonds. The lowest BCUT2D eigenvalue weighted by molar-refractivity contribution is 0.852. The Morgan fingerprint density at radius 2 is 1.94 bits per heavy atom. The van der Waals surface area contributed by atoms with E-state index in [2.05, 4.69) is 29.9 Å². The lowest BCUT2D eigenvalue weighted by Crippen LogP contribution is -2.42. The molecule has 5 heteroatoms. The van der Waals surface area contributed by atoms with Gasteiger partial charge in [0, 0.05) is 5.69 Å². The van der Waals surface area contributed by atoms with Gasteiger partial charge in [0.1, 0.15) is 6.67 Å². The van der Waals surface area contributed by atoms with Crippen LogP contribution in [-0.2, 0) is 0 Å². The Balaban J connectivity index is 2.39. The molecule has 0 atom stereocenters. The molecule has 5 nitrogen and oxygen atoms in total. The maximum Gasteiger partial charge on any atom is 0.220 e. The number of hydrogen-bond donors (Lipinski definition) is 2. The van der Waals surface area contributed by atoms with Crippen LogP contribution in [0.2, 0.25) is 0 Å². The lowest BCUT2D eigenvalue weighted by atomic mass is 10.0. The topological polar surface area (TPSA) is 80.0 Å². The summed E-state index contributed by atoms with van der Waals surface area (Å²) in [6.45, 7) is 4.71. The molecule has 2 rings (SSSR count). The minimum absolute atomic E-state index is 0.237. The highest BCUT2D eigenvalue weighted by molar-refractivity contribution is 6.04. The van der Waals surface area contributed by atoms with Gasteiger partial charge in [-0.3, -0.25) is 4.90 Å². The fourth-order valence-electron chi connectivity index (χ4n) is 1.85. The quantitative estimate of drug-likeness (QED) is 0.803. The van der Waals surface area contributed by atoms with Crippen LogP contribution in [0.15, 0.2) is 34.3 Å². The van der Waals surface area contributed by atoms with E-state index in [9.17, 15) is 0 Å². The number of anilines is 1. The van der Waals surface area contributed by atoms with Crippen molar-refractivity contribution in [1.29, 1.82) is 0 Å². The van der Waals surface area contributed by atoms with E-state index in [0.29, 0.717) is 18.5 Å². The van der Waals surface area contributed by atoms with Crippen LogP contribution in [-0.4, -0.2) is 18.6 Å². The van der Waals surface area contributed by atoms with E-state index in [-0.39, 0.29) is 5.96 Å². The highest BCUT2D eigenvalue weighted by Crippen LogP contribution is 2.27. The van der Waals surface area contributed by atoms with Gasteiger partial charge in [-0.1, -0.05) is 32.0 Å². The molecule has 17 heavy (non-hydrogen) atoms. The van der Waals surface area contributed by atoms with Gasteiger partial charge in [0.2, 0.25) is 11.9 Å². The maximum absolute atomic E-state index is 5.89. The summed E-state index contributed by atoms with van der Waals surface area (Å²) in [5, 5.41) is 0. The molecule has 90 valence electrons. The van der Waals surface area contributed by atoms with Gasteiger partial charge < -0.3 is 11.5 Å². The first-order valence-corrected chi connectivity index (χ1v) is 5.60. The van der Waals surface area contributed by atoms with Gasteiger partial charge in [0.25, 0.3) is 0 Å². The summed E-state index contributed by atoms with van der Waals surface area (Å²) in [7, 11) is 0. The van der Waals surface area contributed by atoms with Crippen molar-refractivity contribution in [3.8, 4) is 0 Å². The van der Waals surface area contributed by atoms with Gasteiger partial charge in [-0.25, -0.2) is 4.99 Å². The van der Waals surface area contributed by atoms with Crippen molar-refractivity contribution in [3.63, 3.8) is 0 Å². The summed E-state index contributed by atoms with van der Waals surface area (Å²) in [6.07, 6.45) is 0. The molecule has 0 unspecified atom stereocenters. The Hall–Kier alpha value is -2.04. The van der Waals surface area contributed by atoms with E-state index >= 15 is 0 Å². The first-order valence-electron chi connectivity index (χ1n) is 5.60. The first-order chi connectivity index (χ1) is 8.09. The smallest absolute Gasteiger partial charge is 0.220 e. The zero-order valence-corrected chi connectivity index (χ0v) is 10.1. The molecule has 0 fully saturated rings. The van der Waals surface area contributed by atoms with Crippen LogP contribution in [0.5, 0.6) is 0 Å². The van der Waals surface area contributed by atoms with Gasteiger partial charge in [0.05, 0.1) is 0 Å². The molecule has 0 saturated carbocycles. The molecule has 1 aliphatic rings. The molecule has 0 saturated heterocycles. The average molecular weight is 231 g/mol. The number of hydrogen-bond acceptors (Lipinski definition) is 5. The highest BCUT2D eigenvalue weighted by atomic mass is 15.4. The van der Waals surface area contributed by atoms with E-state index in [0.717, 1.165) is 5.69 Å². The van der Waals surface area contributed by atoms with Crippen molar-refractivity contribution < 1.29 is 0 Å². The van der Waals surface area contributed by atoms with Crippen molar-refractivity contribution >= 4 is 17.6 Å². The van der Waals surface area contributed by atoms with Gasteiger partial charge in [-0.15, -0.1) is 0 Å². The Morgan fingerprint density at radius 1 is 1.24 bits per heavy atom. The fraction of sp³-hybridized carbons (Fsp3) is 0.333. The molecular weight excluding hydrogens is 214 g/mol. The van der Waals surface area contributed by atoms with Gasteiger partial charge in [-0.2, -0.15) is 4.99 Å². The van der Waals surface area contributed by atoms with Crippen LogP contribution in [0.4, 0.5) is 5.69 Å². The number of para-hydroxylation sites is 1. The second-order valence-corrected chi connectivity index (χ2v) is 4.27. The molecule has 1 heterocycles. The Bertz CT molecular complexity index is 476. The molecule has 1 aliphatic heterocycles. The normalized spacial score (nSPS) is 15.8. The lowest BCUT2D eigenvalue weighted by Gasteiger charge is -2.27. The Labute approximate surface area is 101 Å². The van der Waals surface area contributed by atoms with Crippen LogP contribution < -0.4 is 16.4 Å². The molecule has 0 bridgehead atoms. The van der Waals surface area contributed by atoms with E-state index < -0.39 is 0 Å². The third-order valence-corrected chi connectivity index (χ3v) is 2.73. The summed E-state index contributed by atoms with van der Waals surface area (Å²) in [5.41, 5.74) is 13.7. The van der Waals surface area contributed by atoms with E-state index in [1.54, 1.807) is 0 Å². The molecule has 1 aromatic carbocycles. The Kier molecular flexibility index (Phi) is 2.99. The minimum Gasteiger partial charge on any atom is -0.369 e. The van der Waals surface area contributed by atoms with Gasteiger partial charge in [0.15, 0.2) is 0 Å². The second-order valence-electron chi connectivity index (χ2n) is 4.27. The molecular formula is C12H17N5. The molecule has 1 aromatic rings. The second kappa shape index (κ2) is 4.45. The number of guanidine groups is 2. The zero-order chi connectivity index (χ0) is 12.4. The van der Waals surface area contributed by atoms with Crippen molar-refractivity contribution in [2.75, 3.05) is 11.6 Å². The van der Waals surface area contributed by atoms with Crippen molar-refractivity contribution in [2.24, 2.45) is 21.5 Å². The summed E-state index contributed by atoms with van der Waals surface area (Å²) < 4.78 is 0. The van der Waals surface area contributed by atoms with Gasteiger partial charge in [-0.05, 0) is 17.5 Å². The van der Waals surface area contributed by atoms with Crippen LogP contribution >= 0.6 is 0 Å². The summed E-state index contributed by atoms with van der Waals surface area (Å²) in [5.74, 6) is 1.05. The van der Waals surface area contributed by atoms with Crippen LogP contribution in [0.25, 0.3) is 0 Å². The predicted octanol–water partition coefficient (Wildman–Crippen LogP) is 1.22. The highest BCUT2D eigenvalue weighted by Gasteiger charge is 2.18. The SMILES string of the molecule is CC(C)c1ccccc1N1CN=C(N)N=C1N. The zero-order valence-electron chi connectivity index (χ0n) is 10.1. The number of nitrogens with two attached hydrogens (primary N) is 2. The molecule has 0 spiro atoms. The molecule has 0 aliphatic carbocycles. The Morgan fingerprint density at radius 3 is 2.59 bits per heavy atom. The van der Waals surface area contributed by atoms with Crippen molar-refractivity contribution in [1.82, 2.24) is 0 Å². The van der Waals surface area contributed by atoms with E-state index in [1.165, 1.54) is 5.56 Å². The number of benzene rings is 1. The fourth-order valence-corrected chi connectivity index (χ4v) is 1.85. The summed E-state index contributed by atoms with van der Waals surface area (Å²) >= 11 is 0.